The van der Waals surface area contributed by atoms with E-state index in [1.807, 2.05) is 4.90 Å². The SMILES string of the molecule is NC(=O)c1cccc(NC(=O)CN2CCOCC2)c1. The maximum absolute atomic E-state index is 11.9. The second-order valence-corrected chi connectivity index (χ2v) is 4.38. The van der Waals surface area contributed by atoms with E-state index in [1.54, 1.807) is 24.3 Å². The summed E-state index contributed by atoms with van der Waals surface area (Å²) in [4.78, 5) is 24.9. The Hall–Kier alpha value is -1.92. The summed E-state index contributed by atoms with van der Waals surface area (Å²) in [6.07, 6.45) is 0. The van der Waals surface area contributed by atoms with Crippen molar-refractivity contribution in [2.75, 3.05) is 38.2 Å². The number of hydrogen-bond donors (Lipinski definition) is 2. The van der Waals surface area contributed by atoms with Gasteiger partial charge in [0.15, 0.2) is 0 Å². The number of nitrogens with zero attached hydrogens (tertiary/aromatic N) is 1. The third kappa shape index (κ3) is 4.04. The number of carbonyl (C=O) groups is 2. The Bertz CT molecular complexity index is 470. The molecule has 6 nitrogen and oxygen atoms in total. The second-order valence-electron chi connectivity index (χ2n) is 4.38. The minimum absolute atomic E-state index is 0.108. The molecule has 0 saturated carbocycles. The zero-order valence-electron chi connectivity index (χ0n) is 10.6. The maximum atomic E-state index is 11.9. The van der Waals surface area contributed by atoms with Crippen LogP contribution < -0.4 is 11.1 Å². The van der Waals surface area contributed by atoms with Crippen LogP contribution in [0.2, 0.25) is 0 Å². The fourth-order valence-corrected chi connectivity index (χ4v) is 1.91. The van der Waals surface area contributed by atoms with Crippen molar-refractivity contribution in [3.8, 4) is 0 Å². The highest BCUT2D eigenvalue weighted by molar-refractivity contribution is 5.96. The molecule has 0 radical (unpaired) electrons. The number of carbonyl (C=O) groups excluding carboxylic acids is 2. The van der Waals surface area contributed by atoms with Gasteiger partial charge >= 0.3 is 0 Å². The molecule has 0 spiro atoms. The number of primary amides is 1. The molecule has 0 bridgehead atoms. The smallest absolute Gasteiger partial charge is 0.248 e. The fraction of sp³-hybridized carbons (Fsp3) is 0.385. The minimum atomic E-state index is -0.510. The number of nitrogens with two attached hydrogens (primary N) is 1. The number of amides is 2. The molecule has 2 amide bonds. The van der Waals surface area contributed by atoms with Crippen molar-refractivity contribution in [1.82, 2.24) is 4.90 Å². The minimum Gasteiger partial charge on any atom is -0.379 e. The Labute approximate surface area is 111 Å². The van der Waals surface area contributed by atoms with Crippen LogP contribution in [0.5, 0.6) is 0 Å². The Morgan fingerprint density at radius 2 is 2.05 bits per heavy atom. The molecule has 1 fully saturated rings. The lowest BCUT2D eigenvalue weighted by atomic mass is 10.2. The van der Waals surface area contributed by atoms with Gasteiger partial charge in [0.25, 0.3) is 0 Å². The van der Waals surface area contributed by atoms with Crippen molar-refractivity contribution in [3.63, 3.8) is 0 Å². The highest BCUT2D eigenvalue weighted by atomic mass is 16.5. The topological polar surface area (TPSA) is 84.7 Å². The summed E-state index contributed by atoms with van der Waals surface area (Å²) in [5.74, 6) is -0.618. The van der Waals surface area contributed by atoms with E-state index < -0.39 is 5.91 Å². The summed E-state index contributed by atoms with van der Waals surface area (Å²) >= 11 is 0. The Morgan fingerprint density at radius 1 is 1.32 bits per heavy atom. The summed E-state index contributed by atoms with van der Waals surface area (Å²) in [5.41, 5.74) is 6.15. The third-order valence-corrected chi connectivity index (χ3v) is 2.90. The number of anilines is 1. The van der Waals surface area contributed by atoms with Crippen LogP contribution in [0.3, 0.4) is 0 Å². The Morgan fingerprint density at radius 3 is 2.74 bits per heavy atom. The monoisotopic (exact) mass is 263 g/mol. The molecule has 1 aliphatic heterocycles. The lowest BCUT2D eigenvalue weighted by Gasteiger charge is -2.25. The van der Waals surface area contributed by atoms with Crippen molar-refractivity contribution in [2.24, 2.45) is 5.73 Å². The van der Waals surface area contributed by atoms with E-state index in [9.17, 15) is 9.59 Å². The van der Waals surface area contributed by atoms with E-state index >= 15 is 0 Å². The van der Waals surface area contributed by atoms with Gasteiger partial charge in [-0.1, -0.05) is 6.07 Å². The normalized spacial score (nSPS) is 16.0. The highest BCUT2D eigenvalue weighted by Gasteiger charge is 2.14. The van der Waals surface area contributed by atoms with Gasteiger partial charge in [0.2, 0.25) is 11.8 Å². The number of nitrogens with one attached hydrogen (secondary N) is 1. The first-order chi connectivity index (χ1) is 9.15. The molecule has 3 N–H and O–H groups in total. The van der Waals surface area contributed by atoms with Gasteiger partial charge in [-0.2, -0.15) is 0 Å². The second kappa shape index (κ2) is 6.31. The summed E-state index contributed by atoms with van der Waals surface area (Å²) < 4.78 is 5.22. The van der Waals surface area contributed by atoms with Crippen molar-refractivity contribution >= 4 is 17.5 Å². The predicted molar refractivity (Wildman–Crippen MR) is 70.8 cm³/mol. The van der Waals surface area contributed by atoms with Crippen molar-refractivity contribution in [2.45, 2.75) is 0 Å². The quantitative estimate of drug-likeness (QED) is 0.804. The van der Waals surface area contributed by atoms with Crippen molar-refractivity contribution in [1.29, 1.82) is 0 Å². The van der Waals surface area contributed by atoms with E-state index in [2.05, 4.69) is 5.32 Å². The Kier molecular flexibility index (Phi) is 4.48. The van der Waals surface area contributed by atoms with Gasteiger partial charge in [0, 0.05) is 24.3 Å². The van der Waals surface area contributed by atoms with E-state index in [-0.39, 0.29) is 5.91 Å². The standard InChI is InChI=1S/C13H17N3O3/c14-13(18)10-2-1-3-11(8-10)15-12(17)9-16-4-6-19-7-5-16/h1-3,8H,4-7,9H2,(H2,14,18)(H,15,17). The molecule has 1 aromatic rings. The molecular formula is C13H17N3O3. The van der Waals surface area contributed by atoms with Gasteiger partial charge in [-0.3, -0.25) is 14.5 Å². The molecule has 102 valence electrons. The highest BCUT2D eigenvalue weighted by Crippen LogP contribution is 2.10. The van der Waals surface area contributed by atoms with Gasteiger partial charge < -0.3 is 15.8 Å². The van der Waals surface area contributed by atoms with Crippen LogP contribution in [-0.2, 0) is 9.53 Å². The molecule has 1 aliphatic rings. The molecule has 1 saturated heterocycles. The number of ether oxygens (including phenoxy) is 1. The zero-order valence-corrected chi connectivity index (χ0v) is 10.6. The van der Waals surface area contributed by atoms with Gasteiger partial charge in [-0.25, -0.2) is 0 Å². The predicted octanol–water partition coefficient (Wildman–Crippen LogP) is 0.0562. The summed E-state index contributed by atoms with van der Waals surface area (Å²) in [6.45, 7) is 3.16. The van der Waals surface area contributed by atoms with E-state index in [0.29, 0.717) is 31.0 Å². The zero-order chi connectivity index (χ0) is 13.7. The number of morpholine rings is 1. The number of rotatable bonds is 4. The van der Waals surface area contributed by atoms with Crippen LogP contribution in [0.1, 0.15) is 10.4 Å². The largest absolute Gasteiger partial charge is 0.379 e. The Balaban J connectivity index is 1.90. The molecule has 19 heavy (non-hydrogen) atoms. The van der Waals surface area contributed by atoms with Crippen molar-refractivity contribution < 1.29 is 14.3 Å². The van der Waals surface area contributed by atoms with E-state index in [0.717, 1.165) is 13.1 Å². The summed E-state index contributed by atoms with van der Waals surface area (Å²) in [6, 6.07) is 6.59. The van der Waals surface area contributed by atoms with Crippen LogP contribution >= 0.6 is 0 Å². The van der Waals surface area contributed by atoms with Gasteiger partial charge in [-0.15, -0.1) is 0 Å². The molecule has 0 unspecified atom stereocenters. The van der Waals surface area contributed by atoms with Crippen molar-refractivity contribution in [3.05, 3.63) is 29.8 Å². The molecule has 1 aromatic carbocycles. The molecule has 2 rings (SSSR count). The van der Waals surface area contributed by atoms with Crippen LogP contribution in [0.25, 0.3) is 0 Å². The van der Waals surface area contributed by atoms with Gasteiger partial charge in [-0.05, 0) is 18.2 Å². The van der Waals surface area contributed by atoms with E-state index in [4.69, 9.17) is 10.5 Å². The lowest BCUT2D eigenvalue weighted by Crippen LogP contribution is -2.41. The van der Waals surface area contributed by atoms with Crippen LogP contribution in [0.4, 0.5) is 5.69 Å². The van der Waals surface area contributed by atoms with Crippen LogP contribution in [-0.4, -0.2) is 49.6 Å². The summed E-state index contributed by atoms with van der Waals surface area (Å²) in [5, 5.41) is 2.76. The van der Waals surface area contributed by atoms with Crippen LogP contribution in [0.15, 0.2) is 24.3 Å². The first-order valence-electron chi connectivity index (χ1n) is 6.15. The first kappa shape index (κ1) is 13.5. The molecule has 0 atom stereocenters. The maximum Gasteiger partial charge on any atom is 0.248 e. The third-order valence-electron chi connectivity index (χ3n) is 2.90. The van der Waals surface area contributed by atoms with Gasteiger partial charge in [0.1, 0.15) is 0 Å². The molecule has 0 aliphatic carbocycles. The van der Waals surface area contributed by atoms with E-state index in [1.165, 1.54) is 0 Å². The fourth-order valence-electron chi connectivity index (χ4n) is 1.91. The number of benzene rings is 1. The molecule has 0 aromatic heterocycles. The molecule has 6 heteroatoms. The first-order valence-corrected chi connectivity index (χ1v) is 6.15. The average molecular weight is 263 g/mol. The lowest BCUT2D eigenvalue weighted by molar-refractivity contribution is -0.118. The molecule has 1 heterocycles. The average Bonchev–Trinajstić information content (AvgIpc) is 2.40. The molecular weight excluding hydrogens is 246 g/mol. The van der Waals surface area contributed by atoms with Crippen LogP contribution in [0, 0.1) is 0 Å². The number of hydrogen-bond acceptors (Lipinski definition) is 4. The van der Waals surface area contributed by atoms with Gasteiger partial charge in [0.05, 0.1) is 19.8 Å². The summed E-state index contributed by atoms with van der Waals surface area (Å²) in [7, 11) is 0.